The van der Waals surface area contributed by atoms with E-state index in [-0.39, 0.29) is 28.8 Å². The highest BCUT2D eigenvalue weighted by atomic mass is 35.5. The number of esters is 1. The van der Waals surface area contributed by atoms with Crippen LogP contribution in [0.2, 0.25) is 10.0 Å². The molecule has 31 heavy (non-hydrogen) atoms. The van der Waals surface area contributed by atoms with Crippen LogP contribution in [0.1, 0.15) is 60.1 Å². The van der Waals surface area contributed by atoms with Gasteiger partial charge in [0, 0.05) is 16.6 Å². The van der Waals surface area contributed by atoms with Crippen LogP contribution in [0.3, 0.4) is 0 Å². The normalized spacial score (nSPS) is 15.4. The zero-order chi connectivity index (χ0) is 22.3. The smallest absolute Gasteiger partial charge is 0.313 e. The van der Waals surface area contributed by atoms with E-state index in [9.17, 15) is 14.7 Å². The van der Waals surface area contributed by atoms with E-state index in [1.807, 2.05) is 0 Å². The summed E-state index contributed by atoms with van der Waals surface area (Å²) in [7, 11) is 0. The first-order valence-electron chi connectivity index (χ1n) is 10.3. The van der Waals surface area contributed by atoms with E-state index < -0.39 is 5.92 Å². The Kier molecular flexibility index (Phi) is 6.00. The minimum atomic E-state index is -0.590. The van der Waals surface area contributed by atoms with Gasteiger partial charge in [0.15, 0.2) is 0 Å². The molecule has 1 heterocycles. The fraction of sp³-hybridized carbons (Fsp3) is 0.333. The Morgan fingerprint density at radius 3 is 2.48 bits per heavy atom. The van der Waals surface area contributed by atoms with Gasteiger partial charge in [-0.25, -0.2) is 0 Å². The average Bonchev–Trinajstić information content (AvgIpc) is 3.34. The Morgan fingerprint density at radius 2 is 1.81 bits per heavy atom. The van der Waals surface area contributed by atoms with E-state index in [4.69, 9.17) is 27.9 Å². The molecule has 1 fully saturated rings. The van der Waals surface area contributed by atoms with Crippen LogP contribution >= 0.6 is 23.2 Å². The molecule has 1 N–H and O–H groups in total. The fourth-order valence-corrected chi connectivity index (χ4v) is 4.69. The highest BCUT2D eigenvalue weighted by Crippen LogP contribution is 2.36. The van der Waals surface area contributed by atoms with Crippen molar-refractivity contribution in [2.45, 2.75) is 51.6 Å². The number of aromatic hydroxyl groups is 1. The molecule has 1 aromatic heterocycles. The van der Waals surface area contributed by atoms with Crippen LogP contribution < -0.4 is 0 Å². The molecule has 0 bridgehead atoms. The molecule has 0 aliphatic heterocycles. The number of ether oxygens (including phenoxy) is 1. The van der Waals surface area contributed by atoms with Gasteiger partial charge in [0.25, 0.3) is 5.91 Å². The quantitative estimate of drug-likeness (QED) is 0.468. The summed E-state index contributed by atoms with van der Waals surface area (Å²) in [5.74, 6) is -1.15. The number of halogens is 2. The van der Waals surface area contributed by atoms with E-state index in [2.05, 4.69) is 0 Å². The van der Waals surface area contributed by atoms with Crippen molar-refractivity contribution in [3.05, 3.63) is 63.3 Å². The molecule has 0 radical (unpaired) electrons. The van der Waals surface area contributed by atoms with Crippen LogP contribution in [0.4, 0.5) is 0 Å². The van der Waals surface area contributed by atoms with Crippen LogP contribution in [0.5, 0.6) is 5.75 Å². The lowest BCUT2D eigenvalue weighted by Gasteiger charge is -2.17. The summed E-state index contributed by atoms with van der Waals surface area (Å²) < 4.78 is 7.26. The van der Waals surface area contributed by atoms with E-state index in [0.717, 1.165) is 25.7 Å². The maximum absolute atomic E-state index is 13.4. The number of phenolic OH excluding ortho intramolecular Hbond substituents is 1. The standard InChI is InChI=1S/C24H23Cl2NO4/c1-13(24(30)31-17-5-3-4-6-17)22-14(2)27(21-10-8-16(28)12-18(21)22)23(29)15-7-9-19(25)20(26)11-15/h7-13,17,28H,3-6H2,1-2H3. The van der Waals surface area contributed by atoms with Gasteiger partial charge in [0.05, 0.1) is 21.5 Å². The summed E-state index contributed by atoms with van der Waals surface area (Å²) in [6, 6.07) is 9.48. The lowest BCUT2D eigenvalue weighted by atomic mass is 9.97. The number of rotatable bonds is 4. The summed E-state index contributed by atoms with van der Waals surface area (Å²) in [6.45, 7) is 3.57. The zero-order valence-electron chi connectivity index (χ0n) is 17.3. The Bertz CT molecular complexity index is 1180. The highest BCUT2D eigenvalue weighted by molar-refractivity contribution is 6.42. The predicted octanol–water partition coefficient (Wildman–Crippen LogP) is 6.24. The lowest BCUT2D eigenvalue weighted by Crippen LogP contribution is -2.20. The largest absolute Gasteiger partial charge is 0.508 e. The third-order valence-electron chi connectivity index (χ3n) is 5.98. The van der Waals surface area contributed by atoms with Gasteiger partial charge < -0.3 is 9.84 Å². The molecule has 1 aliphatic carbocycles. The van der Waals surface area contributed by atoms with E-state index in [1.165, 1.54) is 12.1 Å². The molecule has 1 saturated carbocycles. The molecule has 2 aromatic carbocycles. The monoisotopic (exact) mass is 459 g/mol. The molecule has 1 atom stereocenters. The van der Waals surface area contributed by atoms with Crippen LogP contribution in [0.25, 0.3) is 10.9 Å². The van der Waals surface area contributed by atoms with Gasteiger partial charge in [-0.15, -0.1) is 0 Å². The second-order valence-electron chi connectivity index (χ2n) is 8.04. The molecule has 0 spiro atoms. The van der Waals surface area contributed by atoms with Gasteiger partial charge in [-0.3, -0.25) is 14.2 Å². The molecule has 162 valence electrons. The Hall–Kier alpha value is -2.50. The molecular weight excluding hydrogens is 437 g/mol. The third-order valence-corrected chi connectivity index (χ3v) is 6.72. The zero-order valence-corrected chi connectivity index (χ0v) is 18.8. The maximum Gasteiger partial charge on any atom is 0.313 e. The van der Waals surface area contributed by atoms with E-state index in [1.54, 1.807) is 42.7 Å². The highest BCUT2D eigenvalue weighted by Gasteiger charge is 2.30. The van der Waals surface area contributed by atoms with Gasteiger partial charge >= 0.3 is 5.97 Å². The van der Waals surface area contributed by atoms with Gasteiger partial charge in [-0.1, -0.05) is 23.2 Å². The fourth-order valence-electron chi connectivity index (χ4n) is 4.39. The van der Waals surface area contributed by atoms with Crippen molar-refractivity contribution in [1.82, 2.24) is 4.57 Å². The molecule has 5 nitrogen and oxygen atoms in total. The molecular formula is C24H23Cl2NO4. The van der Waals surface area contributed by atoms with Crippen molar-refractivity contribution in [2.75, 3.05) is 0 Å². The van der Waals surface area contributed by atoms with Crippen molar-refractivity contribution in [3.8, 4) is 5.75 Å². The van der Waals surface area contributed by atoms with Gasteiger partial charge in [0.2, 0.25) is 0 Å². The van der Waals surface area contributed by atoms with Crippen LogP contribution in [0, 0.1) is 6.92 Å². The van der Waals surface area contributed by atoms with Gasteiger partial charge in [0.1, 0.15) is 11.9 Å². The van der Waals surface area contributed by atoms with E-state index in [0.29, 0.717) is 32.7 Å². The lowest BCUT2D eigenvalue weighted by molar-refractivity contribution is -0.150. The topological polar surface area (TPSA) is 68.5 Å². The first-order chi connectivity index (χ1) is 14.8. The van der Waals surface area contributed by atoms with Crippen molar-refractivity contribution in [2.24, 2.45) is 0 Å². The van der Waals surface area contributed by atoms with Crippen molar-refractivity contribution < 1.29 is 19.4 Å². The van der Waals surface area contributed by atoms with Crippen molar-refractivity contribution in [1.29, 1.82) is 0 Å². The number of benzene rings is 2. The van der Waals surface area contributed by atoms with Crippen LogP contribution in [-0.2, 0) is 9.53 Å². The van der Waals surface area contributed by atoms with Crippen LogP contribution in [0.15, 0.2) is 36.4 Å². The number of fused-ring (bicyclic) bond motifs is 1. The number of aromatic nitrogens is 1. The number of carbonyl (C=O) groups is 2. The Labute approximate surface area is 190 Å². The minimum absolute atomic E-state index is 0.0464. The summed E-state index contributed by atoms with van der Waals surface area (Å²) >= 11 is 12.1. The summed E-state index contributed by atoms with van der Waals surface area (Å²) in [6.07, 6.45) is 3.86. The first kappa shape index (κ1) is 21.7. The molecule has 0 saturated heterocycles. The average molecular weight is 460 g/mol. The number of nitrogens with zero attached hydrogens (tertiary/aromatic N) is 1. The SMILES string of the molecule is Cc1c(C(C)C(=O)OC2CCCC2)c2cc(O)ccc2n1C(=O)c1ccc(Cl)c(Cl)c1. The Balaban J connectivity index is 1.80. The second kappa shape index (κ2) is 8.56. The molecule has 7 heteroatoms. The predicted molar refractivity (Wildman–Crippen MR) is 121 cm³/mol. The molecule has 1 unspecified atom stereocenters. The molecule has 4 rings (SSSR count). The summed E-state index contributed by atoms with van der Waals surface area (Å²) in [4.78, 5) is 26.3. The van der Waals surface area contributed by atoms with Crippen molar-refractivity contribution in [3.63, 3.8) is 0 Å². The summed E-state index contributed by atoms with van der Waals surface area (Å²) in [5, 5.41) is 11.4. The van der Waals surface area contributed by atoms with Gasteiger partial charge in [-0.05, 0) is 81.5 Å². The summed E-state index contributed by atoms with van der Waals surface area (Å²) in [5.41, 5.74) is 2.26. The number of hydrogen-bond acceptors (Lipinski definition) is 4. The second-order valence-corrected chi connectivity index (χ2v) is 8.85. The first-order valence-corrected chi connectivity index (χ1v) is 11.1. The number of hydrogen-bond donors (Lipinski definition) is 1. The molecule has 3 aromatic rings. The number of phenols is 1. The van der Waals surface area contributed by atoms with Gasteiger partial charge in [-0.2, -0.15) is 0 Å². The van der Waals surface area contributed by atoms with E-state index >= 15 is 0 Å². The third kappa shape index (κ3) is 4.04. The molecule has 0 amide bonds. The number of carbonyl (C=O) groups excluding carboxylic acids is 2. The minimum Gasteiger partial charge on any atom is -0.508 e. The maximum atomic E-state index is 13.4. The Morgan fingerprint density at radius 1 is 1.10 bits per heavy atom. The van der Waals surface area contributed by atoms with Crippen molar-refractivity contribution >= 4 is 46.0 Å². The van der Waals surface area contributed by atoms with Crippen LogP contribution in [-0.4, -0.2) is 27.7 Å². The molecule has 1 aliphatic rings.